The highest BCUT2D eigenvalue weighted by Gasteiger charge is 2.45. The predicted octanol–water partition coefficient (Wildman–Crippen LogP) is 4.00. The van der Waals surface area contributed by atoms with E-state index >= 15 is 0 Å². The Hall–Kier alpha value is -3.34. The lowest BCUT2D eigenvalue weighted by molar-refractivity contribution is -0.148. The molecule has 296 valence electrons. The van der Waals surface area contributed by atoms with Crippen LogP contribution in [0.5, 0.6) is 5.75 Å². The van der Waals surface area contributed by atoms with Gasteiger partial charge in [-0.2, -0.15) is 8.42 Å². The summed E-state index contributed by atoms with van der Waals surface area (Å²) in [6, 6.07) is 10.5. The summed E-state index contributed by atoms with van der Waals surface area (Å²) in [5, 5.41) is 12.8. The van der Waals surface area contributed by atoms with Gasteiger partial charge in [-0.05, 0) is 91.3 Å². The van der Waals surface area contributed by atoms with Gasteiger partial charge in [0, 0.05) is 45.3 Å². The van der Waals surface area contributed by atoms with Gasteiger partial charge in [-0.3, -0.25) is 14.5 Å². The first-order valence-electron chi connectivity index (χ1n) is 18.6. The fourth-order valence-corrected chi connectivity index (χ4v) is 8.40. The number of likely N-dealkylation sites (tertiary alicyclic amines) is 1. The molecule has 3 N–H and O–H groups in total. The molecule has 2 aromatic carbocycles. The second-order valence-corrected chi connectivity index (χ2v) is 17.0. The van der Waals surface area contributed by atoms with E-state index in [-0.39, 0.29) is 49.7 Å². The predicted molar refractivity (Wildman–Crippen MR) is 201 cm³/mol. The van der Waals surface area contributed by atoms with Gasteiger partial charge in [0.05, 0.1) is 37.9 Å². The van der Waals surface area contributed by atoms with Crippen molar-refractivity contribution in [3.05, 3.63) is 70.3 Å². The number of hydrogen-bond donors (Lipinski definition) is 3. The van der Waals surface area contributed by atoms with E-state index < -0.39 is 40.0 Å². The lowest BCUT2D eigenvalue weighted by atomic mass is 9.70. The number of alkyl halides is 2. The molecule has 4 aliphatic rings. The Morgan fingerprint density at radius 2 is 1.91 bits per heavy atom. The number of halogens is 3. The fourth-order valence-electron chi connectivity index (χ4n) is 7.69. The molecule has 0 aromatic heterocycles. The molecule has 54 heavy (non-hydrogen) atoms. The van der Waals surface area contributed by atoms with Gasteiger partial charge in [-0.25, -0.2) is 18.2 Å². The first-order valence-corrected chi connectivity index (χ1v) is 20.4. The Morgan fingerprint density at radius 1 is 1.11 bits per heavy atom. The van der Waals surface area contributed by atoms with Crippen molar-refractivity contribution in [3.63, 3.8) is 0 Å². The molecule has 0 spiro atoms. The average molecular weight is 794 g/mol. The van der Waals surface area contributed by atoms with Crippen molar-refractivity contribution in [2.45, 2.75) is 69.2 Å². The van der Waals surface area contributed by atoms with Crippen LogP contribution in [-0.2, 0) is 43.2 Å². The molecule has 3 aliphatic heterocycles. The van der Waals surface area contributed by atoms with E-state index in [0.29, 0.717) is 49.1 Å². The maximum Gasteiger partial charge on any atom is 0.301 e. The molecule has 2 fully saturated rings. The summed E-state index contributed by atoms with van der Waals surface area (Å²) in [6.07, 6.45) is 7.69. The highest BCUT2D eigenvalue weighted by molar-refractivity contribution is 7.88. The molecule has 0 unspecified atom stereocenters. The first kappa shape index (κ1) is 40.3. The van der Waals surface area contributed by atoms with E-state index in [9.17, 15) is 31.9 Å². The van der Waals surface area contributed by atoms with Crippen molar-refractivity contribution < 1.29 is 41.4 Å². The molecule has 0 radical (unpaired) electrons. The number of benzene rings is 2. The van der Waals surface area contributed by atoms with Crippen LogP contribution in [0.1, 0.15) is 55.2 Å². The smallest absolute Gasteiger partial charge is 0.301 e. The van der Waals surface area contributed by atoms with Gasteiger partial charge >= 0.3 is 10.2 Å². The van der Waals surface area contributed by atoms with Crippen LogP contribution < -0.4 is 19.1 Å². The number of carbonyl (C=O) groups excluding carboxylic acids is 2. The first-order chi connectivity index (χ1) is 25.7. The maximum absolute atomic E-state index is 13.7. The molecular formula is C38H50ClF2N5O7S. The number of fused-ring (bicyclic) bond motifs is 3. The molecule has 1 saturated heterocycles. The van der Waals surface area contributed by atoms with Crippen molar-refractivity contribution in [3.8, 4) is 5.75 Å². The molecule has 6 rings (SSSR count). The number of hydrogen-bond acceptors (Lipinski definition) is 9. The number of anilines is 1. The van der Waals surface area contributed by atoms with Crippen molar-refractivity contribution in [2.24, 2.45) is 11.8 Å². The number of amides is 2. The van der Waals surface area contributed by atoms with E-state index in [4.69, 9.17) is 21.1 Å². The van der Waals surface area contributed by atoms with Crippen molar-refractivity contribution in [2.75, 3.05) is 64.9 Å². The Kier molecular flexibility index (Phi) is 12.5. The zero-order chi connectivity index (χ0) is 38.7. The van der Waals surface area contributed by atoms with Crippen LogP contribution >= 0.6 is 11.6 Å². The standard InChI is InChI=1S/C38H50ClF2N5O7S/c1-42-54(50,51)43-36(48)38(49)21-35(47)44(2)15-5-4-8-33(52-18-17-45-24-37(40,41)25-45)31-13-10-27(31)22-46-16-6-3-7-26-19-30(39)12-9-28(26)23-53-34-14-11-29(38)20-32(34)46/h4,8-9,11-12,14,19-20,27,31,33,42,49H,3,5-7,10,13,15-18,21-25H2,1-2H3,(H,43,48)/b8-4+/t27-,31+,33-,38+/m0/s1. The van der Waals surface area contributed by atoms with E-state index in [0.717, 1.165) is 50.3 Å². The average Bonchev–Trinajstić information content (AvgIpc) is 3.13. The topological polar surface area (TPSA) is 141 Å². The van der Waals surface area contributed by atoms with Gasteiger partial charge in [-0.15, -0.1) is 0 Å². The summed E-state index contributed by atoms with van der Waals surface area (Å²) >= 11 is 6.36. The summed E-state index contributed by atoms with van der Waals surface area (Å²) < 4.78 is 68.7. The number of rotatable bonds is 7. The van der Waals surface area contributed by atoms with Gasteiger partial charge in [0.2, 0.25) is 5.91 Å². The summed E-state index contributed by atoms with van der Waals surface area (Å²) in [5.41, 5.74) is 0.144. The Labute approximate surface area is 321 Å². The molecule has 16 heteroatoms. The Balaban J connectivity index is 1.37. The molecule has 1 saturated carbocycles. The minimum absolute atomic E-state index is 0.0392. The largest absolute Gasteiger partial charge is 0.487 e. The van der Waals surface area contributed by atoms with E-state index in [1.807, 2.05) is 39.8 Å². The summed E-state index contributed by atoms with van der Waals surface area (Å²) in [4.78, 5) is 32.6. The summed E-state index contributed by atoms with van der Waals surface area (Å²) in [5.74, 6) is -3.67. The third-order valence-corrected chi connectivity index (χ3v) is 12.3. The van der Waals surface area contributed by atoms with Gasteiger partial charge in [-0.1, -0.05) is 35.9 Å². The van der Waals surface area contributed by atoms with Crippen LogP contribution in [0.15, 0.2) is 48.6 Å². The number of aliphatic hydroxyl groups is 1. The SMILES string of the molecule is CNS(=O)(=O)NC(=O)[C@@]1(O)CC(=O)N(C)CC/C=C/[C@H](OCCN2CC(F)(F)C2)[C@@H]2CC[C@H]2CN2CCCCc3cc(Cl)ccc3COc3ccc1cc32. The fraction of sp³-hybridized carbons (Fsp3) is 0.579. The number of nitrogens with zero attached hydrogens (tertiary/aromatic N) is 3. The highest BCUT2D eigenvalue weighted by Crippen LogP contribution is 2.43. The van der Waals surface area contributed by atoms with Crippen molar-refractivity contribution in [1.29, 1.82) is 0 Å². The number of aryl methyl sites for hydroxylation is 1. The second-order valence-electron chi connectivity index (χ2n) is 14.9. The zero-order valence-corrected chi connectivity index (χ0v) is 32.3. The number of ether oxygens (including phenoxy) is 2. The maximum atomic E-state index is 13.7. The monoisotopic (exact) mass is 793 g/mol. The lowest BCUT2D eigenvalue weighted by Crippen LogP contribution is -2.57. The second kappa shape index (κ2) is 16.8. The molecule has 2 bridgehead atoms. The zero-order valence-electron chi connectivity index (χ0n) is 30.7. The molecule has 2 amide bonds. The summed E-state index contributed by atoms with van der Waals surface area (Å²) in [7, 11) is -1.65. The number of nitrogens with one attached hydrogen (secondary N) is 2. The Bertz CT molecular complexity index is 1830. The minimum Gasteiger partial charge on any atom is -0.487 e. The normalized spacial score (nSPS) is 27.2. The summed E-state index contributed by atoms with van der Waals surface area (Å²) in [6.45, 7) is 1.88. The van der Waals surface area contributed by atoms with Crippen LogP contribution in [0.2, 0.25) is 5.02 Å². The van der Waals surface area contributed by atoms with Crippen LogP contribution in [0.25, 0.3) is 0 Å². The van der Waals surface area contributed by atoms with E-state index in [2.05, 4.69) is 4.90 Å². The third kappa shape index (κ3) is 9.54. The van der Waals surface area contributed by atoms with Crippen LogP contribution in [0, 0.1) is 11.8 Å². The Morgan fingerprint density at radius 3 is 2.63 bits per heavy atom. The molecule has 3 heterocycles. The van der Waals surface area contributed by atoms with Crippen molar-refractivity contribution in [1.82, 2.24) is 19.2 Å². The van der Waals surface area contributed by atoms with E-state index in [1.165, 1.54) is 11.0 Å². The molecular weight excluding hydrogens is 744 g/mol. The van der Waals surface area contributed by atoms with Gasteiger partial charge in [0.15, 0.2) is 5.60 Å². The molecule has 1 aliphatic carbocycles. The quantitative estimate of drug-likeness (QED) is 0.355. The van der Waals surface area contributed by atoms with Gasteiger partial charge in [0.1, 0.15) is 12.4 Å². The third-order valence-electron chi connectivity index (χ3n) is 11.1. The van der Waals surface area contributed by atoms with Crippen LogP contribution in [0.3, 0.4) is 0 Å². The van der Waals surface area contributed by atoms with Crippen molar-refractivity contribution >= 4 is 39.3 Å². The van der Waals surface area contributed by atoms with Gasteiger partial charge in [0.25, 0.3) is 11.8 Å². The molecule has 12 nitrogen and oxygen atoms in total. The van der Waals surface area contributed by atoms with Crippen LogP contribution in [0.4, 0.5) is 14.5 Å². The van der Waals surface area contributed by atoms with E-state index in [1.54, 1.807) is 24.1 Å². The molecule has 2 aromatic rings. The van der Waals surface area contributed by atoms with Crippen LogP contribution in [-0.4, -0.2) is 107 Å². The minimum atomic E-state index is -4.33. The van der Waals surface area contributed by atoms with Gasteiger partial charge < -0.3 is 24.4 Å². The lowest BCUT2D eigenvalue weighted by Gasteiger charge is -2.44. The molecule has 4 atom stereocenters. The number of carbonyl (C=O) groups is 2. The highest BCUT2D eigenvalue weighted by atomic mass is 35.5.